The molecule has 0 radical (unpaired) electrons. The lowest BCUT2D eigenvalue weighted by Gasteiger charge is -2.00. The zero-order chi connectivity index (χ0) is 11.6. The van der Waals surface area contributed by atoms with Crippen LogP contribution in [0.2, 0.25) is 0 Å². The van der Waals surface area contributed by atoms with Gasteiger partial charge in [0.15, 0.2) is 11.6 Å². The van der Waals surface area contributed by atoms with Crippen LogP contribution in [0.5, 0.6) is 0 Å². The van der Waals surface area contributed by atoms with Crippen molar-refractivity contribution in [3.63, 3.8) is 0 Å². The molecule has 0 atom stereocenters. The lowest BCUT2D eigenvalue weighted by molar-refractivity contribution is -0.384. The lowest BCUT2D eigenvalue weighted by atomic mass is 10.0. The quantitative estimate of drug-likeness (QED) is 0.431. The highest BCUT2D eigenvalue weighted by molar-refractivity contribution is 6.00. The number of benzene rings is 1. The second-order valence-corrected chi connectivity index (χ2v) is 3.14. The van der Waals surface area contributed by atoms with E-state index in [4.69, 9.17) is 0 Å². The van der Waals surface area contributed by atoms with Crippen molar-refractivity contribution < 1.29 is 14.5 Å². The summed E-state index contributed by atoms with van der Waals surface area (Å²) in [6, 6.07) is 3.68. The van der Waals surface area contributed by atoms with Gasteiger partial charge >= 0.3 is 0 Å². The van der Waals surface area contributed by atoms with Crippen LogP contribution in [-0.2, 0) is 0 Å². The van der Waals surface area contributed by atoms with Crippen molar-refractivity contribution in [3.8, 4) is 0 Å². The second-order valence-electron chi connectivity index (χ2n) is 3.14. The summed E-state index contributed by atoms with van der Waals surface area (Å²) in [6.45, 7) is 2.59. The van der Waals surface area contributed by atoms with E-state index in [0.29, 0.717) is 0 Å². The number of rotatable bonds is 3. The maximum absolute atomic E-state index is 11.1. The maximum atomic E-state index is 11.1. The Morgan fingerprint density at radius 3 is 1.73 bits per heavy atom. The summed E-state index contributed by atoms with van der Waals surface area (Å²) in [5.74, 6) is -0.609. The van der Waals surface area contributed by atoms with Gasteiger partial charge in [-0.05, 0) is 19.9 Å². The summed E-state index contributed by atoms with van der Waals surface area (Å²) in [5, 5.41) is 10.5. The van der Waals surface area contributed by atoms with E-state index in [2.05, 4.69) is 0 Å². The fourth-order valence-electron chi connectivity index (χ4n) is 1.12. The van der Waals surface area contributed by atoms with Gasteiger partial charge in [0, 0.05) is 23.3 Å². The second kappa shape index (κ2) is 4.00. The largest absolute Gasteiger partial charge is 0.295 e. The minimum absolute atomic E-state index is 0.175. The van der Waals surface area contributed by atoms with E-state index in [1.54, 1.807) is 0 Å². The molecule has 0 aliphatic rings. The molecular formula is C10H9NO4. The van der Waals surface area contributed by atoms with E-state index < -0.39 is 4.92 Å². The van der Waals surface area contributed by atoms with Crippen molar-refractivity contribution in [2.75, 3.05) is 0 Å². The third-order valence-corrected chi connectivity index (χ3v) is 1.94. The Bertz CT molecular complexity index is 372. The van der Waals surface area contributed by atoms with Gasteiger partial charge in [-0.2, -0.15) is 0 Å². The molecule has 5 nitrogen and oxygen atoms in total. The molecule has 78 valence electrons. The van der Waals surface area contributed by atoms with Gasteiger partial charge in [0.05, 0.1) is 4.92 Å². The van der Waals surface area contributed by atoms with E-state index in [1.165, 1.54) is 19.9 Å². The van der Waals surface area contributed by atoms with Gasteiger partial charge in [0.25, 0.3) is 5.69 Å². The molecular weight excluding hydrogens is 198 g/mol. The molecule has 1 aromatic carbocycles. The Hall–Kier alpha value is -2.04. The number of ketones is 2. The molecule has 0 aromatic heterocycles. The summed E-state index contributed by atoms with van der Waals surface area (Å²) in [7, 11) is 0. The van der Waals surface area contributed by atoms with Crippen molar-refractivity contribution in [2.45, 2.75) is 13.8 Å². The van der Waals surface area contributed by atoms with Gasteiger partial charge in [-0.15, -0.1) is 0 Å². The molecule has 0 spiro atoms. The lowest BCUT2D eigenvalue weighted by Crippen LogP contribution is -2.00. The number of hydrogen-bond donors (Lipinski definition) is 0. The number of Topliss-reactive ketones (excluding diaryl/α,β-unsaturated/α-hetero) is 2. The summed E-state index contributed by atoms with van der Waals surface area (Å²) < 4.78 is 0. The average molecular weight is 207 g/mol. The van der Waals surface area contributed by atoms with Gasteiger partial charge in [-0.25, -0.2) is 0 Å². The molecule has 5 heteroatoms. The van der Waals surface area contributed by atoms with Crippen LogP contribution in [-0.4, -0.2) is 16.5 Å². The van der Waals surface area contributed by atoms with Gasteiger partial charge < -0.3 is 0 Å². The zero-order valence-corrected chi connectivity index (χ0v) is 8.31. The summed E-state index contributed by atoms with van der Waals surface area (Å²) in [4.78, 5) is 32.0. The number of nitrogens with zero attached hydrogens (tertiary/aromatic N) is 1. The summed E-state index contributed by atoms with van der Waals surface area (Å²) in [6.07, 6.45) is 0. The van der Waals surface area contributed by atoms with Crippen LogP contribution >= 0.6 is 0 Å². The molecule has 1 rings (SSSR count). The fourth-order valence-corrected chi connectivity index (χ4v) is 1.12. The van der Waals surface area contributed by atoms with Crippen molar-refractivity contribution >= 4 is 17.3 Å². The molecule has 0 unspecified atom stereocenters. The van der Waals surface area contributed by atoms with Crippen LogP contribution in [0, 0.1) is 10.1 Å². The highest BCUT2D eigenvalue weighted by Crippen LogP contribution is 2.18. The highest BCUT2D eigenvalue weighted by Gasteiger charge is 2.13. The first-order chi connectivity index (χ1) is 6.91. The predicted octanol–water partition coefficient (Wildman–Crippen LogP) is 2.00. The molecule has 0 bridgehead atoms. The molecule has 0 fully saturated rings. The van der Waals surface area contributed by atoms with Gasteiger partial charge in [-0.3, -0.25) is 19.7 Å². The molecule has 15 heavy (non-hydrogen) atoms. The third-order valence-electron chi connectivity index (χ3n) is 1.94. The van der Waals surface area contributed by atoms with Gasteiger partial charge in [0.2, 0.25) is 0 Å². The van der Waals surface area contributed by atoms with E-state index in [-0.39, 0.29) is 28.4 Å². The predicted molar refractivity (Wildman–Crippen MR) is 53.1 cm³/mol. The minimum atomic E-state index is -0.626. The van der Waals surface area contributed by atoms with Crippen LogP contribution in [0.25, 0.3) is 0 Å². The molecule has 0 aliphatic carbocycles. The minimum Gasteiger partial charge on any atom is -0.295 e. The standard InChI is InChI=1S/C10H9NO4/c1-6(12)8-3-9(7(2)13)5-10(4-8)11(14)15/h3-5H,1-2H3. The van der Waals surface area contributed by atoms with Crippen LogP contribution in [0.4, 0.5) is 5.69 Å². The van der Waals surface area contributed by atoms with Gasteiger partial charge in [0.1, 0.15) is 0 Å². The maximum Gasteiger partial charge on any atom is 0.270 e. The first kappa shape index (κ1) is 11.0. The van der Waals surface area contributed by atoms with E-state index in [0.717, 1.165) is 12.1 Å². The number of hydrogen-bond acceptors (Lipinski definition) is 4. The highest BCUT2D eigenvalue weighted by atomic mass is 16.6. The topological polar surface area (TPSA) is 77.3 Å². The number of nitro benzene ring substituents is 1. The first-order valence-electron chi connectivity index (χ1n) is 4.23. The molecule has 1 aromatic rings. The van der Waals surface area contributed by atoms with Crippen LogP contribution in [0.1, 0.15) is 34.6 Å². The van der Waals surface area contributed by atoms with Crippen molar-refractivity contribution in [2.24, 2.45) is 0 Å². The number of nitro groups is 1. The molecule has 0 N–H and O–H groups in total. The smallest absolute Gasteiger partial charge is 0.270 e. The monoisotopic (exact) mass is 207 g/mol. The Morgan fingerprint density at radius 2 is 1.47 bits per heavy atom. The number of non-ortho nitro benzene ring substituents is 1. The van der Waals surface area contributed by atoms with E-state index >= 15 is 0 Å². The molecule has 0 saturated carbocycles. The Labute approximate surface area is 85.9 Å². The number of carbonyl (C=O) groups excluding carboxylic acids is 2. The SMILES string of the molecule is CC(=O)c1cc(C(C)=O)cc([N+](=O)[O-])c1. The Morgan fingerprint density at radius 1 is 1.07 bits per heavy atom. The van der Waals surface area contributed by atoms with Crippen molar-refractivity contribution in [1.82, 2.24) is 0 Å². The summed E-state index contributed by atoms with van der Waals surface area (Å²) in [5.41, 5.74) is 0.108. The van der Waals surface area contributed by atoms with Gasteiger partial charge in [-0.1, -0.05) is 0 Å². The van der Waals surface area contributed by atoms with Crippen molar-refractivity contribution in [3.05, 3.63) is 39.4 Å². The Kier molecular flexibility index (Phi) is 2.94. The molecule has 0 aliphatic heterocycles. The number of carbonyl (C=O) groups is 2. The van der Waals surface area contributed by atoms with Crippen molar-refractivity contribution in [1.29, 1.82) is 0 Å². The Balaban J connectivity index is 3.39. The zero-order valence-electron chi connectivity index (χ0n) is 8.31. The average Bonchev–Trinajstić information content (AvgIpc) is 2.16. The molecule has 0 amide bonds. The molecule has 0 saturated heterocycles. The van der Waals surface area contributed by atoms with E-state index in [1.807, 2.05) is 0 Å². The fraction of sp³-hybridized carbons (Fsp3) is 0.200. The molecule has 0 heterocycles. The summed E-state index contributed by atoms with van der Waals surface area (Å²) >= 11 is 0. The van der Waals surface area contributed by atoms with Crippen LogP contribution in [0.3, 0.4) is 0 Å². The van der Waals surface area contributed by atoms with E-state index in [9.17, 15) is 19.7 Å². The first-order valence-corrected chi connectivity index (χ1v) is 4.23. The third kappa shape index (κ3) is 2.46. The van der Waals surface area contributed by atoms with Crippen LogP contribution in [0.15, 0.2) is 18.2 Å². The van der Waals surface area contributed by atoms with Crippen LogP contribution < -0.4 is 0 Å². The normalized spacial score (nSPS) is 9.73.